The lowest BCUT2D eigenvalue weighted by Gasteiger charge is -2.27. The molecule has 0 unspecified atom stereocenters. The van der Waals surface area contributed by atoms with Gasteiger partial charge >= 0.3 is 0 Å². The predicted molar refractivity (Wildman–Crippen MR) is 88.1 cm³/mol. The van der Waals surface area contributed by atoms with E-state index < -0.39 is 0 Å². The third kappa shape index (κ3) is 4.61. The minimum atomic E-state index is 0.502. The molecule has 0 aliphatic carbocycles. The molecule has 1 fully saturated rings. The van der Waals surface area contributed by atoms with Crippen molar-refractivity contribution in [2.75, 3.05) is 43.0 Å². The zero-order valence-electron chi connectivity index (χ0n) is 11.0. The molecule has 3 N–H and O–H groups in total. The molecule has 0 bridgehead atoms. The van der Waals surface area contributed by atoms with Crippen LogP contribution in [0.3, 0.4) is 0 Å². The van der Waals surface area contributed by atoms with Gasteiger partial charge in [-0.3, -0.25) is 4.99 Å². The molecule has 5 nitrogen and oxygen atoms in total. The highest BCUT2D eigenvalue weighted by molar-refractivity contribution is 7.99. The van der Waals surface area contributed by atoms with Crippen LogP contribution in [-0.4, -0.2) is 53.5 Å². The Bertz CT molecular complexity index is 477. The number of thioether (sulfide) groups is 1. The first-order valence-electron chi connectivity index (χ1n) is 6.34. The zero-order valence-corrected chi connectivity index (χ0v) is 13.3. The second kappa shape index (κ2) is 7.81. The number of aromatic nitrogens is 1. The molecule has 8 heteroatoms. The van der Waals surface area contributed by atoms with Gasteiger partial charge in [-0.2, -0.15) is 11.8 Å². The van der Waals surface area contributed by atoms with Gasteiger partial charge < -0.3 is 16.0 Å². The normalized spacial score (nSPS) is 16.3. The highest BCUT2D eigenvalue weighted by Gasteiger charge is 2.11. The van der Waals surface area contributed by atoms with Crippen molar-refractivity contribution in [1.82, 2.24) is 9.88 Å². The summed E-state index contributed by atoms with van der Waals surface area (Å²) in [5.41, 5.74) is 5.96. The quantitative estimate of drug-likeness (QED) is 0.502. The largest absolute Gasteiger partial charge is 0.370 e. The molecule has 0 aromatic carbocycles. The molecular formula is C12H17Cl2N5S. The molecule has 2 rings (SSSR count). The van der Waals surface area contributed by atoms with Crippen LogP contribution >= 0.6 is 35.0 Å². The maximum absolute atomic E-state index is 6.01. The number of hydrogen-bond acceptors (Lipinski definition) is 4. The summed E-state index contributed by atoms with van der Waals surface area (Å²) in [6, 6.07) is 1.65. The van der Waals surface area contributed by atoms with E-state index in [1.54, 1.807) is 12.3 Å². The van der Waals surface area contributed by atoms with E-state index >= 15 is 0 Å². The van der Waals surface area contributed by atoms with E-state index in [0.29, 0.717) is 34.9 Å². The van der Waals surface area contributed by atoms with E-state index in [4.69, 9.17) is 28.9 Å². The van der Waals surface area contributed by atoms with Crippen molar-refractivity contribution in [2.45, 2.75) is 0 Å². The van der Waals surface area contributed by atoms with E-state index in [1.165, 1.54) is 0 Å². The third-order valence-corrected chi connectivity index (χ3v) is 4.26. The number of pyridine rings is 1. The molecule has 20 heavy (non-hydrogen) atoms. The van der Waals surface area contributed by atoms with Gasteiger partial charge in [0.05, 0.1) is 16.6 Å². The number of hydrogen-bond donors (Lipinski definition) is 2. The van der Waals surface area contributed by atoms with Crippen molar-refractivity contribution in [1.29, 1.82) is 0 Å². The number of nitrogens with zero attached hydrogens (tertiary/aromatic N) is 3. The Morgan fingerprint density at radius 1 is 1.45 bits per heavy atom. The lowest BCUT2D eigenvalue weighted by Crippen LogP contribution is -2.42. The van der Waals surface area contributed by atoms with Gasteiger partial charge in [0, 0.05) is 37.3 Å². The molecular weight excluding hydrogens is 317 g/mol. The molecule has 110 valence electrons. The average Bonchev–Trinajstić information content (AvgIpc) is 2.46. The Balaban J connectivity index is 1.77. The standard InChI is InChI=1S/C12H17Cl2N5S/c13-9-7-10(14)11(18-8-9)16-1-2-17-12(15)19-3-5-20-6-4-19/h7-8H,1-6H2,(H2,15,17)(H,16,18). The summed E-state index contributed by atoms with van der Waals surface area (Å²) in [5.74, 6) is 3.44. The molecule has 0 amide bonds. The third-order valence-electron chi connectivity index (χ3n) is 2.82. The topological polar surface area (TPSA) is 66.5 Å². The van der Waals surface area contributed by atoms with Crippen LogP contribution in [0.5, 0.6) is 0 Å². The number of halogens is 2. The van der Waals surface area contributed by atoms with Crippen molar-refractivity contribution >= 4 is 46.7 Å². The lowest BCUT2D eigenvalue weighted by atomic mass is 10.4. The van der Waals surface area contributed by atoms with Gasteiger partial charge in [-0.05, 0) is 6.07 Å². The summed E-state index contributed by atoms with van der Waals surface area (Å²) in [4.78, 5) is 10.6. The van der Waals surface area contributed by atoms with Crippen molar-refractivity contribution in [3.63, 3.8) is 0 Å². The summed E-state index contributed by atoms with van der Waals surface area (Å²) in [6.45, 7) is 3.14. The van der Waals surface area contributed by atoms with Gasteiger partial charge in [0.25, 0.3) is 0 Å². The minimum Gasteiger partial charge on any atom is -0.370 e. The van der Waals surface area contributed by atoms with Crippen LogP contribution < -0.4 is 11.1 Å². The first kappa shape index (κ1) is 15.5. The number of anilines is 1. The van der Waals surface area contributed by atoms with Gasteiger partial charge in [-0.1, -0.05) is 23.2 Å². The molecule has 1 aromatic heterocycles. The van der Waals surface area contributed by atoms with E-state index in [2.05, 4.69) is 20.2 Å². The minimum absolute atomic E-state index is 0.502. The number of rotatable bonds is 4. The number of aliphatic imine (C=N–C) groups is 1. The summed E-state index contributed by atoms with van der Waals surface area (Å²) >= 11 is 13.7. The Hall–Kier alpha value is -0.850. The highest BCUT2D eigenvalue weighted by Crippen LogP contribution is 2.22. The van der Waals surface area contributed by atoms with E-state index in [0.717, 1.165) is 24.6 Å². The van der Waals surface area contributed by atoms with Crippen LogP contribution in [0.25, 0.3) is 0 Å². The van der Waals surface area contributed by atoms with Crippen molar-refractivity contribution in [3.8, 4) is 0 Å². The molecule has 1 aliphatic heterocycles. The van der Waals surface area contributed by atoms with Crippen LogP contribution in [0.2, 0.25) is 10.0 Å². The zero-order chi connectivity index (χ0) is 14.4. The van der Waals surface area contributed by atoms with Gasteiger partial charge in [-0.25, -0.2) is 4.98 Å². The maximum atomic E-state index is 6.01. The first-order valence-corrected chi connectivity index (χ1v) is 8.25. The summed E-state index contributed by atoms with van der Waals surface area (Å²) in [5, 5.41) is 4.13. The summed E-state index contributed by atoms with van der Waals surface area (Å²) in [6.07, 6.45) is 1.55. The smallest absolute Gasteiger partial charge is 0.191 e. The van der Waals surface area contributed by atoms with Gasteiger partial charge in [0.2, 0.25) is 0 Å². The van der Waals surface area contributed by atoms with E-state index in [1.807, 2.05) is 11.8 Å². The van der Waals surface area contributed by atoms with Crippen LogP contribution in [0.1, 0.15) is 0 Å². The molecule has 2 heterocycles. The summed E-state index contributed by atoms with van der Waals surface area (Å²) in [7, 11) is 0. The molecule has 1 aromatic rings. The van der Waals surface area contributed by atoms with Crippen LogP contribution in [0.15, 0.2) is 17.3 Å². The number of nitrogens with one attached hydrogen (secondary N) is 1. The highest BCUT2D eigenvalue weighted by atomic mass is 35.5. The monoisotopic (exact) mass is 333 g/mol. The number of guanidine groups is 1. The molecule has 1 aliphatic rings. The fourth-order valence-electron chi connectivity index (χ4n) is 1.78. The maximum Gasteiger partial charge on any atom is 0.191 e. The SMILES string of the molecule is NC(=NCCNc1ncc(Cl)cc1Cl)N1CCSCC1. The van der Waals surface area contributed by atoms with Crippen LogP contribution in [0, 0.1) is 0 Å². The Morgan fingerprint density at radius 2 is 2.20 bits per heavy atom. The Morgan fingerprint density at radius 3 is 2.90 bits per heavy atom. The summed E-state index contributed by atoms with van der Waals surface area (Å²) < 4.78 is 0. The van der Waals surface area contributed by atoms with Crippen LogP contribution in [-0.2, 0) is 0 Å². The molecule has 0 radical (unpaired) electrons. The first-order chi connectivity index (χ1) is 9.66. The molecule has 0 spiro atoms. The average molecular weight is 334 g/mol. The van der Waals surface area contributed by atoms with Gasteiger partial charge in [-0.15, -0.1) is 0 Å². The second-order valence-electron chi connectivity index (χ2n) is 4.25. The lowest BCUT2D eigenvalue weighted by molar-refractivity contribution is 0.456. The van der Waals surface area contributed by atoms with E-state index in [9.17, 15) is 0 Å². The van der Waals surface area contributed by atoms with Crippen molar-refractivity contribution < 1.29 is 0 Å². The predicted octanol–water partition coefficient (Wildman–Crippen LogP) is 2.16. The second-order valence-corrected chi connectivity index (χ2v) is 6.32. The molecule has 0 saturated carbocycles. The van der Waals surface area contributed by atoms with Gasteiger partial charge in [0.1, 0.15) is 5.82 Å². The fraction of sp³-hybridized carbons (Fsp3) is 0.500. The fourth-order valence-corrected chi connectivity index (χ4v) is 3.13. The molecule has 1 saturated heterocycles. The van der Waals surface area contributed by atoms with Crippen LogP contribution in [0.4, 0.5) is 5.82 Å². The van der Waals surface area contributed by atoms with E-state index in [-0.39, 0.29) is 0 Å². The Kier molecular flexibility index (Phi) is 6.06. The Labute approximate surface area is 132 Å². The van der Waals surface area contributed by atoms with Crippen molar-refractivity contribution in [3.05, 3.63) is 22.3 Å². The molecule has 0 atom stereocenters. The van der Waals surface area contributed by atoms with Crippen molar-refractivity contribution in [2.24, 2.45) is 10.7 Å². The number of nitrogens with two attached hydrogens (primary N) is 1. The van der Waals surface area contributed by atoms with Gasteiger partial charge in [0.15, 0.2) is 5.96 Å².